The number of pyridine rings is 1. The molecule has 0 bridgehead atoms. The SMILES string of the molecule is O=C(NCc1cccs1)c1nc2c(-c3ccoc3)cc(-c3ccccc3)cn2c1Cl. The number of aromatic nitrogens is 2. The van der Waals surface area contributed by atoms with E-state index in [1.165, 1.54) is 0 Å². The van der Waals surface area contributed by atoms with E-state index in [4.69, 9.17) is 16.0 Å². The summed E-state index contributed by atoms with van der Waals surface area (Å²) in [6.45, 7) is 0.435. The average Bonchev–Trinajstić information content (AvgIpc) is 3.54. The molecule has 0 aliphatic heterocycles. The van der Waals surface area contributed by atoms with Crippen LogP contribution in [0.25, 0.3) is 27.9 Å². The van der Waals surface area contributed by atoms with Crippen LogP contribution < -0.4 is 5.32 Å². The van der Waals surface area contributed by atoms with Gasteiger partial charge in [0.05, 0.1) is 19.1 Å². The molecule has 1 N–H and O–H groups in total. The van der Waals surface area contributed by atoms with Crippen molar-refractivity contribution in [3.8, 4) is 22.3 Å². The van der Waals surface area contributed by atoms with Crippen LogP contribution in [0, 0.1) is 0 Å². The summed E-state index contributed by atoms with van der Waals surface area (Å²) in [5.41, 5.74) is 4.50. The molecule has 0 aliphatic carbocycles. The summed E-state index contributed by atoms with van der Waals surface area (Å²) >= 11 is 8.21. The maximum Gasteiger partial charge on any atom is 0.273 e. The third kappa shape index (κ3) is 3.40. The second-order valence-electron chi connectivity index (χ2n) is 6.73. The number of halogens is 1. The molecule has 0 atom stereocenters. The fraction of sp³-hybridized carbons (Fsp3) is 0.0435. The van der Waals surface area contributed by atoms with E-state index in [1.54, 1.807) is 28.3 Å². The van der Waals surface area contributed by atoms with Gasteiger partial charge in [0.2, 0.25) is 0 Å². The average molecular weight is 434 g/mol. The summed E-state index contributed by atoms with van der Waals surface area (Å²) in [6, 6.07) is 17.8. The molecule has 0 aliphatic rings. The number of imidazole rings is 1. The first kappa shape index (κ1) is 18.7. The second kappa shape index (κ2) is 7.82. The lowest BCUT2D eigenvalue weighted by atomic mass is 10.0. The summed E-state index contributed by atoms with van der Waals surface area (Å²) in [4.78, 5) is 18.4. The Bertz CT molecular complexity index is 1310. The topological polar surface area (TPSA) is 59.5 Å². The van der Waals surface area contributed by atoms with Crippen LogP contribution in [0.2, 0.25) is 5.15 Å². The van der Waals surface area contributed by atoms with Crippen molar-refractivity contribution >= 4 is 34.5 Å². The number of hydrogen-bond donors (Lipinski definition) is 1. The minimum atomic E-state index is -0.309. The Kier molecular flexibility index (Phi) is 4.86. The summed E-state index contributed by atoms with van der Waals surface area (Å²) in [7, 11) is 0. The number of nitrogens with one attached hydrogen (secondary N) is 1. The van der Waals surface area contributed by atoms with E-state index in [-0.39, 0.29) is 16.8 Å². The highest BCUT2D eigenvalue weighted by molar-refractivity contribution is 7.09. The molecule has 1 aromatic carbocycles. The summed E-state index contributed by atoms with van der Waals surface area (Å²) < 4.78 is 7.04. The zero-order valence-electron chi connectivity index (χ0n) is 15.7. The van der Waals surface area contributed by atoms with Gasteiger partial charge in [-0.3, -0.25) is 9.20 Å². The maximum absolute atomic E-state index is 12.8. The predicted molar refractivity (Wildman–Crippen MR) is 119 cm³/mol. The zero-order valence-corrected chi connectivity index (χ0v) is 17.3. The van der Waals surface area contributed by atoms with Crippen LogP contribution in [-0.2, 0) is 6.54 Å². The monoisotopic (exact) mass is 433 g/mol. The van der Waals surface area contributed by atoms with Crippen molar-refractivity contribution in [1.82, 2.24) is 14.7 Å². The van der Waals surface area contributed by atoms with Gasteiger partial charge in [0.25, 0.3) is 5.91 Å². The smallest absolute Gasteiger partial charge is 0.273 e. The van der Waals surface area contributed by atoms with Gasteiger partial charge in [-0.05, 0) is 34.7 Å². The number of benzene rings is 1. The number of hydrogen-bond acceptors (Lipinski definition) is 4. The van der Waals surface area contributed by atoms with Crippen molar-refractivity contribution in [3.63, 3.8) is 0 Å². The number of carbonyl (C=O) groups excluding carboxylic acids is 1. The van der Waals surface area contributed by atoms with Crippen molar-refractivity contribution in [2.75, 3.05) is 0 Å². The third-order valence-corrected chi connectivity index (χ3v) is 6.06. The fourth-order valence-electron chi connectivity index (χ4n) is 3.34. The number of thiophene rings is 1. The van der Waals surface area contributed by atoms with Crippen molar-refractivity contribution in [1.29, 1.82) is 0 Å². The first-order chi connectivity index (χ1) is 14.7. The Balaban J connectivity index is 1.62. The molecule has 0 spiro atoms. The molecule has 0 saturated carbocycles. The Labute approximate surface area is 181 Å². The molecule has 0 unspecified atom stereocenters. The highest BCUT2D eigenvalue weighted by Gasteiger charge is 2.21. The van der Waals surface area contributed by atoms with Gasteiger partial charge >= 0.3 is 0 Å². The van der Waals surface area contributed by atoms with Gasteiger partial charge in [-0.25, -0.2) is 4.98 Å². The number of amides is 1. The molecule has 5 rings (SSSR count). The van der Waals surface area contributed by atoms with E-state index in [9.17, 15) is 4.79 Å². The first-order valence-electron chi connectivity index (χ1n) is 9.31. The molecule has 30 heavy (non-hydrogen) atoms. The van der Waals surface area contributed by atoms with Crippen LogP contribution in [0.5, 0.6) is 0 Å². The second-order valence-corrected chi connectivity index (χ2v) is 8.12. The molecule has 148 valence electrons. The molecule has 1 amide bonds. The molecular weight excluding hydrogens is 418 g/mol. The maximum atomic E-state index is 12.8. The molecule has 4 heterocycles. The fourth-order valence-corrected chi connectivity index (χ4v) is 4.25. The number of furan rings is 1. The van der Waals surface area contributed by atoms with Crippen molar-refractivity contribution in [2.24, 2.45) is 0 Å². The van der Waals surface area contributed by atoms with Crippen LogP contribution in [0.4, 0.5) is 0 Å². The predicted octanol–water partition coefficient (Wildman–Crippen LogP) is 5.91. The van der Waals surface area contributed by atoms with E-state index in [0.717, 1.165) is 27.1 Å². The van der Waals surface area contributed by atoms with Crippen molar-refractivity contribution < 1.29 is 9.21 Å². The number of carbonyl (C=O) groups is 1. The van der Waals surface area contributed by atoms with Crippen molar-refractivity contribution in [2.45, 2.75) is 6.54 Å². The van der Waals surface area contributed by atoms with E-state index in [0.29, 0.717) is 12.2 Å². The van der Waals surface area contributed by atoms with E-state index < -0.39 is 0 Å². The lowest BCUT2D eigenvalue weighted by Crippen LogP contribution is -2.23. The highest BCUT2D eigenvalue weighted by atomic mass is 35.5. The minimum Gasteiger partial charge on any atom is -0.472 e. The van der Waals surface area contributed by atoms with Gasteiger partial charge in [0.15, 0.2) is 5.69 Å². The molecule has 4 aromatic heterocycles. The standard InChI is InChI=1S/C23H16ClN3O2S/c24-21-20(23(28)25-12-18-7-4-10-30-18)26-22-19(16-8-9-29-14-16)11-17(13-27(21)22)15-5-2-1-3-6-15/h1-11,13-14H,12H2,(H,25,28). The Morgan fingerprint density at radius 1 is 1.10 bits per heavy atom. The molecular formula is C23H16ClN3O2S. The number of nitrogens with zero attached hydrogens (tertiary/aromatic N) is 2. The van der Waals surface area contributed by atoms with Crippen LogP contribution in [-0.4, -0.2) is 15.3 Å². The van der Waals surface area contributed by atoms with Gasteiger partial charge in [-0.15, -0.1) is 11.3 Å². The lowest BCUT2D eigenvalue weighted by Gasteiger charge is -2.08. The largest absolute Gasteiger partial charge is 0.472 e. The minimum absolute atomic E-state index is 0.197. The molecule has 7 heteroatoms. The molecule has 5 nitrogen and oxygen atoms in total. The van der Waals surface area contributed by atoms with Gasteiger partial charge < -0.3 is 9.73 Å². The zero-order chi connectivity index (χ0) is 20.5. The molecule has 0 radical (unpaired) electrons. The van der Waals surface area contributed by atoms with Gasteiger partial charge in [0.1, 0.15) is 10.8 Å². The Hall–Kier alpha value is -3.35. The molecule has 0 fully saturated rings. The van der Waals surface area contributed by atoms with Gasteiger partial charge in [-0.1, -0.05) is 48.0 Å². The van der Waals surface area contributed by atoms with E-state index in [1.807, 2.05) is 66.2 Å². The highest BCUT2D eigenvalue weighted by Crippen LogP contribution is 2.33. The summed E-state index contributed by atoms with van der Waals surface area (Å²) in [5.74, 6) is -0.309. The number of fused-ring (bicyclic) bond motifs is 1. The summed E-state index contributed by atoms with van der Waals surface area (Å²) in [6.07, 6.45) is 5.17. The van der Waals surface area contributed by atoms with Crippen LogP contribution in [0.3, 0.4) is 0 Å². The normalized spacial score (nSPS) is 11.1. The van der Waals surface area contributed by atoms with Gasteiger partial charge in [-0.2, -0.15) is 0 Å². The van der Waals surface area contributed by atoms with E-state index >= 15 is 0 Å². The molecule has 0 saturated heterocycles. The van der Waals surface area contributed by atoms with Crippen LogP contribution in [0.1, 0.15) is 15.4 Å². The van der Waals surface area contributed by atoms with E-state index in [2.05, 4.69) is 10.3 Å². The molecule has 5 aromatic rings. The van der Waals surface area contributed by atoms with Crippen molar-refractivity contribution in [3.05, 3.63) is 94.4 Å². The lowest BCUT2D eigenvalue weighted by molar-refractivity contribution is 0.0947. The number of rotatable bonds is 5. The van der Waals surface area contributed by atoms with Crippen LogP contribution >= 0.6 is 22.9 Å². The third-order valence-electron chi connectivity index (χ3n) is 4.82. The summed E-state index contributed by atoms with van der Waals surface area (Å²) in [5, 5.41) is 5.14. The first-order valence-corrected chi connectivity index (χ1v) is 10.6. The van der Waals surface area contributed by atoms with Crippen LogP contribution in [0.15, 0.2) is 83.1 Å². The Morgan fingerprint density at radius 2 is 1.97 bits per heavy atom. The quantitative estimate of drug-likeness (QED) is 0.375. The Morgan fingerprint density at radius 3 is 2.70 bits per heavy atom. The van der Waals surface area contributed by atoms with Gasteiger partial charge in [0, 0.05) is 22.2 Å².